The molecule has 1 aliphatic rings. The molecule has 1 heterocycles. The predicted molar refractivity (Wildman–Crippen MR) is 118 cm³/mol. The summed E-state index contributed by atoms with van der Waals surface area (Å²) < 4.78 is 14.2. The van der Waals surface area contributed by atoms with Crippen LogP contribution in [0.2, 0.25) is 5.02 Å². The number of thioether (sulfide) groups is 1. The molecule has 0 spiro atoms. The third-order valence-corrected chi connectivity index (χ3v) is 5.86. The number of aryl methyl sites for hydroxylation is 1. The van der Waals surface area contributed by atoms with Crippen molar-refractivity contribution in [3.05, 3.63) is 99.8 Å². The molecule has 4 rings (SSSR count). The van der Waals surface area contributed by atoms with Crippen LogP contribution in [0.25, 0.3) is 0 Å². The average Bonchev–Trinajstić information content (AvgIpc) is 2.95. The van der Waals surface area contributed by atoms with Crippen molar-refractivity contribution in [1.82, 2.24) is 0 Å². The molecule has 0 atom stereocenters. The number of amides is 2. The first-order chi connectivity index (χ1) is 14.5. The van der Waals surface area contributed by atoms with Crippen LogP contribution in [0.5, 0.6) is 0 Å². The Balaban J connectivity index is 1.78. The fourth-order valence-corrected chi connectivity index (χ4v) is 4.28. The van der Waals surface area contributed by atoms with E-state index in [9.17, 15) is 14.0 Å². The van der Waals surface area contributed by atoms with Gasteiger partial charge in [0.25, 0.3) is 11.8 Å². The van der Waals surface area contributed by atoms with Crippen molar-refractivity contribution in [3.8, 4) is 0 Å². The molecule has 0 saturated heterocycles. The minimum Gasteiger partial charge on any atom is -0.348 e. The second-order valence-electron chi connectivity index (χ2n) is 6.60. The van der Waals surface area contributed by atoms with E-state index in [0.29, 0.717) is 16.3 Å². The number of hydrogen-bond donors (Lipinski definition) is 1. The van der Waals surface area contributed by atoms with Gasteiger partial charge in [0.15, 0.2) is 0 Å². The Hall–Kier alpha value is -3.09. The number of anilines is 2. The molecule has 4 nitrogen and oxygen atoms in total. The summed E-state index contributed by atoms with van der Waals surface area (Å²) in [5.74, 6) is -1.54. The maximum absolute atomic E-state index is 14.2. The molecule has 3 aromatic carbocycles. The molecule has 0 unspecified atom stereocenters. The van der Waals surface area contributed by atoms with E-state index in [2.05, 4.69) is 5.32 Å². The average molecular weight is 439 g/mol. The number of nitrogens with zero attached hydrogens (tertiary/aromatic N) is 1. The van der Waals surface area contributed by atoms with E-state index in [1.165, 1.54) is 12.1 Å². The molecule has 30 heavy (non-hydrogen) atoms. The highest BCUT2D eigenvalue weighted by Gasteiger charge is 2.41. The summed E-state index contributed by atoms with van der Waals surface area (Å²) in [6.45, 7) is 1.77. The number of hydrogen-bond acceptors (Lipinski definition) is 4. The van der Waals surface area contributed by atoms with Gasteiger partial charge in [0.05, 0.1) is 11.4 Å². The SMILES string of the molecule is Cc1cc(Cl)ccc1N1C(=O)C(Nc2ccccc2F)=C(Sc2ccccc2)C1=O. The number of carbonyl (C=O) groups is 2. The van der Waals surface area contributed by atoms with Gasteiger partial charge in [0, 0.05) is 9.92 Å². The number of para-hydroxylation sites is 1. The van der Waals surface area contributed by atoms with Gasteiger partial charge in [-0.15, -0.1) is 0 Å². The second-order valence-corrected chi connectivity index (χ2v) is 8.12. The summed E-state index contributed by atoms with van der Waals surface area (Å²) in [7, 11) is 0. The molecule has 3 aromatic rings. The van der Waals surface area contributed by atoms with Crippen molar-refractivity contribution in [2.24, 2.45) is 0 Å². The molecule has 1 N–H and O–H groups in total. The summed E-state index contributed by atoms with van der Waals surface area (Å²) in [5, 5.41) is 3.34. The molecule has 1 aliphatic heterocycles. The largest absolute Gasteiger partial charge is 0.348 e. The van der Waals surface area contributed by atoms with Crippen molar-refractivity contribution >= 4 is 46.6 Å². The van der Waals surface area contributed by atoms with E-state index < -0.39 is 17.6 Å². The molecular formula is C23H16ClFN2O2S. The van der Waals surface area contributed by atoms with Crippen molar-refractivity contribution in [3.63, 3.8) is 0 Å². The van der Waals surface area contributed by atoms with E-state index in [1.807, 2.05) is 30.3 Å². The van der Waals surface area contributed by atoms with Gasteiger partial charge < -0.3 is 5.32 Å². The maximum Gasteiger partial charge on any atom is 0.283 e. The fourth-order valence-electron chi connectivity index (χ4n) is 3.11. The van der Waals surface area contributed by atoms with E-state index in [0.717, 1.165) is 21.6 Å². The number of imide groups is 1. The van der Waals surface area contributed by atoms with E-state index in [1.54, 1.807) is 37.3 Å². The highest BCUT2D eigenvalue weighted by molar-refractivity contribution is 8.04. The molecule has 150 valence electrons. The van der Waals surface area contributed by atoms with Gasteiger partial charge in [-0.05, 0) is 55.0 Å². The van der Waals surface area contributed by atoms with Gasteiger partial charge in [-0.1, -0.05) is 53.7 Å². The Morgan fingerprint density at radius 2 is 1.63 bits per heavy atom. The summed E-state index contributed by atoms with van der Waals surface area (Å²) in [5.41, 5.74) is 1.27. The van der Waals surface area contributed by atoms with Gasteiger partial charge in [0.1, 0.15) is 16.4 Å². The number of halogens is 2. The predicted octanol–water partition coefficient (Wildman–Crippen LogP) is 5.78. The van der Waals surface area contributed by atoms with Crippen molar-refractivity contribution in [1.29, 1.82) is 0 Å². The molecule has 0 saturated carbocycles. The van der Waals surface area contributed by atoms with Crippen LogP contribution in [0, 0.1) is 12.7 Å². The van der Waals surface area contributed by atoms with Crippen LogP contribution < -0.4 is 10.2 Å². The lowest BCUT2D eigenvalue weighted by atomic mass is 10.2. The maximum atomic E-state index is 14.2. The Labute approximate surface area is 182 Å². The monoisotopic (exact) mass is 438 g/mol. The summed E-state index contributed by atoms with van der Waals surface area (Å²) in [6.07, 6.45) is 0. The van der Waals surface area contributed by atoms with Crippen LogP contribution in [0.3, 0.4) is 0 Å². The van der Waals surface area contributed by atoms with Crippen LogP contribution in [0.4, 0.5) is 15.8 Å². The fraction of sp³-hybridized carbons (Fsp3) is 0.0435. The van der Waals surface area contributed by atoms with Crippen LogP contribution in [-0.4, -0.2) is 11.8 Å². The molecule has 7 heteroatoms. The summed E-state index contributed by atoms with van der Waals surface area (Å²) in [6, 6.07) is 20.2. The normalized spacial score (nSPS) is 13.9. The van der Waals surface area contributed by atoms with Crippen LogP contribution in [0.1, 0.15) is 5.56 Å². The number of rotatable bonds is 5. The number of nitrogens with one attached hydrogen (secondary N) is 1. The number of benzene rings is 3. The first-order valence-corrected chi connectivity index (χ1v) is 10.3. The summed E-state index contributed by atoms with van der Waals surface area (Å²) in [4.78, 5) is 28.7. The molecule has 2 amide bonds. The molecule has 0 aromatic heterocycles. The second kappa shape index (κ2) is 8.34. The van der Waals surface area contributed by atoms with E-state index >= 15 is 0 Å². The van der Waals surface area contributed by atoms with E-state index in [4.69, 9.17) is 11.6 Å². The van der Waals surface area contributed by atoms with E-state index in [-0.39, 0.29) is 16.3 Å². The smallest absolute Gasteiger partial charge is 0.283 e. The topological polar surface area (TPSA) is 49.4 Å². The molecular weight excluding hydrogens is 423 g/mol. The first kappa shape index (κ1) is 20.2. The van der Waals surface area contributed by atoms with Gasteiger partial charge in [-0.3, -0.25) is 9.59 Å². The first-order valence-electron chi connectivity index (χ1n) is 9.09. The zero-order valence-electron chi connectivity index (χ0n) is 15.9. The van der Waals surface area contributed by atoms with Gasteiger partial charge in [-0.25, -0.2) is 9.29 Å². The summed E-state index contributed by atoms with van der Waals surface area (Å²) >= 11 is 7.19. The standard InChI is InChI=1S/C23H16ClFN2O2S/c1-14-13-15(24)11-12-19(14)27-22(28)20(26-18-10-6-5-9-17(18)25)21(23(27)29)30-16-7-3-2-4-8-16/h2-13,26H,1H3. The molecule has 0 aliphatic carbocycles. The molecule has 0 bridgehead atoms. The zero-order valence-corrected chi connectivity index (χ0v) is 17.4. The van der Waals surface area contributed by atoms with Crippen LogP contribution in [-0.2, 0) is 9.59 Å². The van der Waals surface area contributed by atoms with Crippen molar-refractivity contribution < 1.29 is 14.0 Å². The highest BCUT2D eigenvalue weighted by Crippen LogP contribution is 2.39. The molecule has 0 radical (unpaired) electrons. The Morgan fingerprint density at radius 3 is 2.33 bits per heavy atom. The van der Waals surface area contributed by atoms with Crippen molar-refractivity contribution in [2.75, 3.05) is 10.2 Å². The minimum atomic E-state index is -0.549. The lowest BCUT2D eigenvalue weighted by molar-refractivity contribution is -0.120. The lowest BCUT2D eigenvalue weighted by Gasteiger charge is -2.18. The number of carbonyl (C=O) groups excluding carboxylic acids is 2. The van der Waals surface area contributed by atoms with Crippen LogP contribution in [0.15, 0.2) is 88.3 Å². The van der Waals surface area contributed by atoms with Gasteiger partial charge in [0.2, 0.25) is 0 Å². The third-order valence-electron chi connectivity index (χ3n) is 4.54. The van der Waals surface area contributed by atoms with Crippen LogP contribution >= 0.6 is 23.4 Å². The van der Waals surface area contributed by atoms with Gasteiger partial charge >= 0.3 is 0 Å². The Kier molecular flexibility index (Phi) is 5.61. The Bertz CT molecular complexity index is 1180. The quantitative estimate of drug-likeness (QED) is 0.513. The lowest BCUT2D eigenvalue weighted by Crippen LogP contribution is -2.33. The highest BCUT2D eigenvalue weighted by atomic mass is 35.5. The third kappa shape index (κ3) is 3.84. The Morgan fingerprint density at radius 1 is 0.933 bits per heavy atom. The zero-order chi connectivity index (χ0) is 21.3. The van der Waals surface area contributed by atoms with Crippen molar-refractivity contribution in [2.45, 2.75) is 11.8 Å². The minimum absolute atomic E-state index is 0.0355. The molecule has 0 fully saturated rings. The van der Waals surface area contributed by atoms with Gasteiger partial charge in [-0.2, -0.15) is 0 Å².